The molecule has 1 amide bonds. The highest BCUT2D eigenvalue weighted by molar-refractivity contribution is 5.96. The van der Waals surface area contributed by atoms with Crippen LogP contribution in [0.15, 0.2) is 24.4 Å². The van der Waals surface area contributed by atoms with Crippen LogP contribution in [0.5, 0.6) is 5.75 Å². The van der Waals surface area contributed by atoms with Gasteiger partial charge in [-0.15, -0.1) is 0 Å². The lowest BCUT2D eigenvalue weighted by molar-refractivity contribution is -0.118. The van der Waals surface area contributed by atoms with Crippen molar-refractivity contribution < 1.29 is 9.53 Å². The second kappa shape index (κ2) is 4.06. The molecule has 0 aliphatic carbocycles. The molecule has 0 saturated heterocycles. The minimum absolute atomic E-state index is 0.0697. The van der Waals surface area contributed by atoms with Gasteiger partial charge < -0.3 is 20.4 Å². The first-order chi connectivity index (χ1) is 8.76. The van der Waals surface area contributed by atoms with Gasteiger partial charge in [-0.25, -0.2) is 4.98 Å². The number of anilines is 2. The van der Waals surface area contributed by atoms with Crippen LogP contribution in [-0.2, 0) is 4.79 Å². The molecule has 0 saturated carbocycles. The maximum Gasteiger partial charge on any atom is 0.262 e. The minimum atomic E-state index is -0.139. The molecule has 92 valence electrons. The van der Waals surface area contributed by atoms with Crippen LogP contribution < -0.4 is 15.4 Å². The van der Waals surface area contributed by atoms with Gasteiger partial charge in [0.25, 0.3) is 5.91 Å². The topological polar surface area (TPSA) is 79.0 Å². The quantitative estimate of drug-likeness (QED) is 0.747. The molecule has 1 aromatic heterocycles. The Kier molecular flexibility index (Phi) is 2.40. The molecule has 0 bridgehead atoms. The van der Waals surface area contributed by atoms with E-state index >= 15 is 0 Å². The standard InChI is InChI=1S/C12H12N4O2/c1-13-12-14-5-9(16-12)7-2-3-10-8(4-7)15-11(17)6-18-10/h2-5H,6H2,1H3,(H,15,17)(H2,13,14,16). The Labute approximate surface area is 103 Å². The number of rotatable bonds is 2. The van der Waals surface area contributed by atoms with Crippen molar-refractivity contribution in [2.75, 3.05) is 24.3 Å². The van der Waals surface area contributed by atoms with Crippen LogP contribution >= 0.6 is 0 Å². The lowest BCUT2D eigenvalue weighted by Gasteiger charge is -2.18. The molecule has 3 rings (SSSR count). The van der Waals surface area contributed by atoms with Gasteiger partial charge in [0.15, 0.2) is 12.6 Å². The van der Waals surface area contributed by atoms with E-state index in [4.69, 9.17) is 4.74 Å². The van der Waals surface area contributed by atoms with Crippen LogP contribution in [0, 0.1) is 0 Å². The van der Waals surface area contributed by atoms with Crippen molar-refractivity contribution in [3.63, 3.8) is 0 Å². The third-order valence-electron chi connectivity index (χ3n) is 2.74. The number of amides is 1. The zero-order valence-electron chi connectivity index (χ0n) is 9.78. The summed E-state index contributed by atoms with van der Waals surface area (Å²) >= 11 is 0. The average molecular weight is 244 g/mol. The van der Waals surface area contributed by atoms with Gasteiger partial charge in [0, 0.05) is 12.6 Å². The molecule has 0 unspecified atom stereocenters. The van der Waals surface area contributed by atoms with Crippen molar-refractivity contribution in [3.05, 3.63) is 24.4 Å². The Hall–Kier alpha value is -2.50. The number of aromatic amines is 1. The van der Waals surface area contributed by atoms with Gasteiger partial charge in [0.05, 0.1) is 17.6 Å². The van der Waals surface area contributed by atoms with Crippen molar-refractivity contribution in [2.45, 2.75) is 0 Å². The molecule has 1 aliphatic rings. The predicted molar refractivity (Wildman–Crippen MR) is 67.7 cm³/mol. The van der Waals surface area contributed by atoms with Gasteiger partial charge in [0.2, 0.25) is 0 Å². The van der Waals surface area contributed by atoms with E-state index < -0.39 is 0 Å². The van der Waals surface area contributed by atoms with Crippen LogP contribution in [0.4, 0.5) is 11.6 Å². The maximum absolute atomic E-state index is 11.3. The van der Waals surface area contributed by atoms with Gasteiger partial charge in [-0.05, 0) is 18.2 Å². The number of nitrogens with one attached hydrogen (secondary N) is 3. The molecular weight excluding hydrogens is 232 g/mol. The highest BCUT2D eigenvalue weighted by Gasteiger charge is 2.16. The highest BCUT2D eigenvalue weighted by atomic mass is 16.5. The summed E-state index contributed by atoms with van der Waals surface area (Å²) in [6.07, 6.45) is 1.74. The molecule has 6 nitrogen and oxygen atoms in total. The molecule has 1 aliphatic heterocycles. The lowest BCUT2D eigenvalue weighted by atomic mass is 10.1. The Balaban J connectivity index is 1.98. The molecule has 2 heterocycles. The first kappa shape index (κ1) is 10.6. The molecule has 0 radical (unpaired) electrons. The fraction of sp³-hybridized carbons (Fsp3) is 0.167. The number of carbonyl (C=O) groups is 1. The number of benzene rings is 1. The number of H-pyrrole nitrogens is 1. The Morgan fingerprint density at radius 1 is 1.44 bits per heavy atom. The molecule has 3 N–H and O–H groups in total. The second-order valence-electron chi connectivity index (χ2n) is 3.94. The fourth-order valence-corrected chi connectivity index (χ4v) is 1.85. The van der Waals surface area contributed by atoms with Gasteiger partial charge in [0.1, 0.15) is 5.75 Å². The van der Waals surface area contributed by atoms with E-state index in [2.05, 4.69) is 20.6 Å². The Morgan fingerprint density at radius 2 is 2.33 bits per heavy atom. The number of imidazole rings is 1. The van der Waals surface area contributed by atoms with Crippen LogP contribution in [0.3, 0.4) is 0 Å². The van der Waals surface area contributed by atoms with Gasteiger partial charge >= 0.3 is 0 Å². The van der Waals surface area contributed by atoms with Crippen LogP contribution in [0.25, 0.3) is 11.3 Å². The fourth-order valence-electron chi connectivity index (χ4n) is 1.85. The summed E-state index contributed by atoms with van der Waals surface area (Å²) in [5, 5.41) is 5.70. The number of ether oxygens (including phenoxy) is 1. The number of hydrogen-bond donors (Lipinski definition) is 3. The molecule has 2 aromatic rings. The lowest BCUT2D eigenvalue weighted by Crippen LogP contribution is -2.25. The number of fused-ring (bicyclic) bond motifs is 1. The minimum Gasteiger partial charge on any atom is -0.482 e. The average Bonchev–Trinajstić information content (AvgIpc) is 2.86. The Morgan fingerprint density at radius 3 is 3.11 bits per heavy atom. The molecular formula is C12H12N4O2. The Bertz CT molecular complexity index is 606. The smallest absolute Gasteiger partial charge is 0.262 e. The number of aromatic nitrogens is 2. The van der Waals surface area contributed by atoms with Crippen molar-refractivity contribution in [1.29, 1.82) is 0 Å². The van der Waals surface area contributed by atoms with E-state index in [-0.39, 0.29) is 12.5 Å². The van der Waals surface area contributed by atoms with Gasteiger partial charge in [-0.2, -0.15) is 0 Å². The number of hydrogen-bond acceptors (Lipinski definition) is 4. The zero-order valence-corrected chi connectivity index (χ0v) is 9.78. The predicted octanol–water partition coefficient (Wildman–Crippen LogP) is 1.45. The van der Waals surface area contributed by atoms with Crippen molar-refractivity contribution in [3.8, 4) is 17.0 Å². The highest BCUT2D eigenvalue weighted by Crippen LogP contribution is 2.32. The summed E-state index contributed by atoms with van der Waals surface area (Å²) < 4.78 is 5.30. The first-order valence-corrected chi connectivity index (χ1v) is 5.56. The second-order valence-corrected chi connectivity index (χ2v) is 3.94. The van der Waals surface area contributed by atoms with E-state index in [1.54, 1.807) is 13.2 Å². The van der Waals surface area contributed by atoms with E-state index in [1.807, 2.05) is 18.2 Å². The third-order valence-corrected chi connectivity index (χ3v) is 2.74. The molecule has 0 atom stereocenters. The van der Waals surface area contributed by atoms with Crippen molar-refractivity contribution >= 4 is 17.5 Å². The van der Waals surface area contributed by atoms with Gasteiger partial charge in [-0.3, -0.25) is 4.79 Å². The van der Waals surface area contributed by atoms with Crippen molar-refractivity contribution in [2.24, 2.45) is 0 Å². The SMILES string of the molecule is CNc1ncc(-c2ccc3c(c2)NC(=O)CO3)[nH]1. The van der Waals surface area contributed by atoms with Crippen LogP contribution in [0.2, 0.25) is 0 Å². The molecule has 18 heavy (non-hydrogen) atoms. The number of carbonyl (C=O) groups excluding carboxylic acids is 1. The maximum atomic E-state index is 11.3. The summed E-state index contributed by atoms with van der Waals surface area (Å²) in [6.45, 7) is 0.0697. The summed E-state index contributed by atoms with van der Waals surface area (Å²) in [7, 11) is 1.80. The zero-order chi connectivity index (χ0) is 12.5. The van der Waals surface area contributed by atoms with E-state index in [0.29, 0.717) is 17.4 Å². The molecule has 6 heteroatoms. The summed E-state index contributed by atoms with van der Waals surface area (Å²) in [4.78, 5) is 18.5. The van der Waals surface area contributed by atoms with Crippen molar-refractivity contribution in [1.82, 2.24) is 9.97 Å². The first-order valence-electron chi connectivity index (χ1n) is 5.56. The summed E-state index contributed by atoms with van der Waals surface area (Å²) in [6, 6.07) is 5.62. The van der Waals surface area contributed by atoms with Crippen LogP contribution in [0.1, 0.15) is 0 Å². The van der Waals surface area contributed by atoms with E-state index in [1.165, 1.54) is 0 Å². The third kappa shape index (κ3) is 1.77. The largest absolute Gasteiger partial charge is 0.482 e. The summed E-state index contributed by atoms with van der Waals surface area (Å²) in [5.74, 6) is 1.25. The summed E-state index contributed by atoms with van der Waals surface area (Å²) in [5.41, 5.74) is 2.50. The number of nitrogens with zero attached hydrogens (tertiary/aromatic N) is 1. The van der Waals surface area contributed by atoms with E-state index in [0.717, 1.165) is 11.3 Å². The van der Waals surface area contributed by atoms with Gasteiger partial charge in [-0.1, -0.05) is 0 Å². The van der Waals surface area contributed by atoms with Crippen LogP contribution in [-0.4, -0.2) is 29.5 Å². The monoisotopic (exact) mass is 244 g/mol. The molecule has 1 aromatic carbocycles. The normalized spacial score (nSPS) is 13.5. The molecule has 0 spiro atoms. The molecule has 0 fully saturated rings. The van der Waals surface area contributed by atoms with E-state index in [9.17, 15) is 4.79 Å².